The second-order valence-corrected chi connectivity index (χ2v) is 5.88. The van der Waals surface area contributed by atoms with Crippen molar-refractivity contribution >= 4 is 5.91 Å². The fraction of sp³-hybridized carbons (Fsp3) is 0.438. The molecule has 2 aromatic heterocycles. The number of hydrogen-bond acceptors (Lipinski definition) is 3. The first kappa shape index (κ1) is 16.5. The van der Waals surface area contributed by atoms with Crippen molar-refractivity contribution in [3.05, 3.63) is 48.0 Å². The zero-order valence-corrected chi connectivity index (χ0v) is 12.9. The van der Waals surface area contributed by atoms with Gasteiger partial charge in [-0.15, -0.1) is 0 Å². The van der Waals surface area contributed by atoms with Gasteiger partial charge in [-0.25, -0.2) is 0 Å². The third-order valence-corrected chi connectivity index (χ3v) is 4.26. The van der Waals surface area contributed by atoms with Crippen molar-refractivity contribution < 1.29 is 18.0 Å². The Kier molecular flexibility index (Phi) is 4.55. The van der Waals surface area contributed by atoms with Crippen molar-refractivity contribution in [2.45, 2.75) is 25.6 Å². The molecule has 0 spiro atoms. The molecule has 1 saturated heterocycles. The first-order valence-electron chi connectivity index (χ1n) is 7.73. The lowest BCUT2D eigenvalue weighted by atomic mass is 9.96. The molecular weight excluding hydrogens is 321 g/mol. The topological polar surface area (TPSA) is 51.0 Å². The quantitative estimate of drug-likeness (QED) is 0.865. The van der Waals surface area contributed by atoms with Crippen LogP contribution in [0, 0.1) is 5.92 Å². The Hall–Kier alpha value is -2.38. The molecular formula is C16H17F3N4O. The first-order valence-corrected chi connectivity index (χ1v) is 7.73. The van der Waals surface area contributed by atoms with Gasteiger partial charge in [0.1, 0.15) is 0 Å². The van der Waals surface area contributed by atoms with Gasteiger partial charge in [-0.1, -0.05) is 0 Å². The van der Waals surface area contributed by atoms with Crippen molar-refractivity contribution in [2.75, 3.05) is 13.1 Å². The van der Waals surface area contributed by atoms with E-state index < -0.39 is 17.6 Å². The number of amides is 1. The molecule has 0 aliphatic carbocycles. The van der Waals surface area contributed by atoms with E-state index in [0.29, 0.717) is 25.2 Å². The number of halogens is 3. The van der Waals surface area contributed by atoms with Crippen molar-refractivity contribution in [3.8, 4) is 0 Å². The highest BCUT2D eigenvalue weighted by molar-refractivity contribution is 5.95. The number of likely N-dealkylation sites (tertiary alicyclic amines) is 1. The van der Waals surface area contributed by atoms with E-state index in [0.717, 1.165) is 25.5 Å². The summed E-state index contributed by atoms with van der Waals surface area (Å²) >= 11 is 0. The van der Waals surface area contributed by atoms with Gasteiger partial charge in [-0.2, -0.15) is 18.3 Å². The number of hydrogen-bond donors (Lipinski definition) is 0. The lowest BCUT2D eigenvalue weighted by molar-refractivity contribution is -0.138. The third kappa shape index (κ3) is 3.58. The van der Waals surface area contributed by atoms with Crippen molar-refractivity contribution in [3.63, 3.8) is 0 Å². The van der Waals surface area contributed by atoms with Crippen LogP contribution in [0.5, 0.6) is 0 Å². The summed E-state index contributed by atoms with van der Waals surface area (Å²) in [5, 5.41) is 4.15. The number of pyridine rings is 1. The van der Waals surface area contributed by atoms with Crippen LogP contribution in [0.4, 0.5) is 13.2 Å². The molecule has 5 nitrogen and oxygen atoms in total. The van der Waals surface area contributed by atoms with Crippen LogP contribution in [0.15, 0.2) is 36.9 Å². The van der Waals surface area contributed by atoms with Gasteiger partial charge in [0.05, 0.1) is 11.1 Å². The molecule has 8 heteroatoms. The van der Waals surface area contributed by atoms with E-state index in [-0.39, 0.29) is 5.56 Å². The predicted octanol–water partition coefficient (Wildman–Crippen LogP) is 2.85. The van der Waals surface area contributed by atoms with Crippen LogP contribution >= 0.6 is 0 Å². The third-order valence-electron chi connectivity index (χ3n) is 4.26. The van der Waals surface area contributed by atoms with Crippen LogP contribution < -0.4 is 0 Å². The lowest BCUT2D eigenvalue weighted by Gasteiger charge is -2.32. The summed E-state index contributed by atoms with van der Waals surface area (Å²) < 4.78 is 40.9. The molecule has 1 aliphatic rings. The number of carbonyl (C=O) groups is 1. The average molecular weight is 338 g/mol. The molecule has 3 heterocycles. The number of nitrogens with zero attached hydrogens (tertiary/aromatic N) is 4. The van der Waals surface area contributed by atoms with Gasteiger partial charge in [0, 0.05) is 44.4 Å². The molecule has 0 atom stereocenters. The van der Waals surface area contributed by atoms with Crippen LogP contribution in [0.25, 0.3) is 0 Å². The Bertz CT molecular complexity index is 692. The van der Waals surface area contributed by atoms with Crippen LogP contribution in [0.2, 0.25) is 0 Å². The zero-order valence-electron chi connectivity index (χ0n) is 12.9. The van der Waals surface area contributed by atoms with Crippen LogP contribution in [-0.4, -0.2) is 38.7 Å². The Morgan fingerprint density at radius 2 is 2.00 bits per heavy atom. The normalized spacial score (nSPS) is 16.4. The van der Waals surface area contributed by atoms with Gasteiger partial charge in [0.2, 0.25) is 0 Å². The second-order valence-electron chi connectivity index (χ2n) is 5.88. The monoisotopic (exact) mass is 338 g/mol. The fourth-order valence-corrected chi connectivity index (χ4v) is 2.97. The maximum absolute atomic E-state index is 13.0. The highest BCUT2D eigenvalue weighted by atomic mass is 19.4. The summed E-state index contributed by atoms with van der Waals surface area (Å²) in [4.78, 5) is 17.5. The standard InChI is InChI=1S/C16H17F3N4O/c17-16(18,19)14-10-20-6-2-13(14)15(24)22-8-3-12(4-9-22)11-23-7-1-5-21-23/h1-2,5-7,10,12H,3-4,8-9,11H2. The largest absolute Gasteiger partial charge is 0.418 e. The van der Waals surface area contributed by atoms with Crippen molar-refractivity contribution in [1.82, 2.24) is 19.7 Å². The fourth-order valence-electron chi connectivity index (χ4n) is 2.97. The Morgan fingerprint density at radius 3 is 2.62 bits per heavy atom. The number of alkyl halides is 3. The maximum atomic E-state index is 13.0. The average Bonchev–Trinajstić information content (AvgIpc) is 3.07. The van der Waals surface area contributed by atoms with E-state index in [9.17, 15) is 18.0 Å². The van der Waals surface area contributed by atoms with E-state index in [1.165, 1.54) is 11.1 Å². The summed E-state index contributed by atoms with van der Waals surface area (Å²) in [5.41, 5.74) is -1.31. The highest BCUT2D eigenvalue weighted by Crippen LogP contribution is 2.32. The Balaban J connectivity index is 1.66. The molecule has 0 unspecified atom stereocenters. The number of piperidine rings is 1. The minimum Gasteiger partial charge on any atom is -0.339 e. The summed E-state index contributed by atoms with van der Waals surface area (Å²) in [7, 11) is 0. The van der Waals surface area contributed by atoms with Crippen molar-refractivity contribution in [2.24, 2.45) is 5.92 Å². The minimum atomic E-state index is -4.59. The van der Waals surface area contributed by atoms with Crippen LogP contribution in [-0.2, 0) is 12.7 Å². The number of aromatic nitrogens is 3. The van der Waals surface area contributed by atoms with Crippen LogP contribution in [0.3, 0.4) is 0 Å². The van der Waals surface area contributed by atoms with E-state index in [1.807, 2.05) is 16.9 Å². The molecule has 3 rings (SSSR count). The minimum absolute atomic E-state index is 0.331. The Morgan fingerprint density at radius 1 is 1.25 bits per heavy atom. The summed E-state index contributed by atoms with van der Waals surface area (Å²) in [6.45, 7) is 1.66. The van der Waals surface area contributed by atoms with Crippen molar-refractivity contribution in [1.29, 1.82) is 0 Å². The summed E-state index contributed by atoms with van der Waals surface area (Å²) in [5.74, 6) is -0.212. The molecule has 24 heavy (non-hydrogen) atoms. The van der Waals surface area contributed by atoms with Gasteiger partial charge in [0.25, 0.3) is 5.91 Å². The molecule has 0 N–H and O–H groups in total. The second kappa shape index (κ2) is 6.62. The first-order chi connectivity index (χ1) is 11.4. The molecule has 2 aromatic rings. The smallest absolute Gasteiger partial charge is 0.339 e. The lowest BCUT2D eigenvalue weighted by Crippen LogP contribution is -2.40. The molecule has 0 radical (unpaired) electrons. The summed E-state index contributed by atoms with van der Waals surface area (Å²) in [6.07, 6.45) is 2.42. The molecule has 0 aromatic carbocycles. The van der Waals surface area contributed by atoms with E-state index >= 15 is 0 Å². The summed E-state index contributed by atoms with van der Waals surface area (Å²) in [6, 6.07) is 2.99. The predicted molar refractivity (Wildman–Crippen MR) is 80.1 cm³/mol. The van der Waals surface area contributed by atoms with Gasteiger partial charge in [-0.05, 0) is 30.9 Å². The number of rotatable bonds is 3. The van der Waals surface area contributed by atoms with Crippen LogP contribution in [0.1, 0.15) is 28.8 Å². The SMILES string of the molecule is O=C(c1ccncc1C(F)(F)F)N1CCC(Cn2cccn2)CC1. The van der Waals surface area contributed by atoms with E-state index in [1.54, 1.807) is 6.20 Å². The van der Waals surface area contributed by atoms with Gasteiger partial charge in [0.15, 0.2) is 0 Å². The number of carbonyl (C=O) groups excluding carboxylic acids is 1. The van der Waals surface area contributed by atoms with E-state index in [4.69, 9.17) is 0 Å². The zero-order chi connectivity index (χ0) is 17.2. The molecule has 128 valence electrons. The van der Waals surface area contributed by atoms with E-state index in [2.05, 4.69) is 10.1 Å². The highest BCUT2D eigenvalue weighted by Gasteiger charge is 2.37. The van der Waals surface area contributed by atoms with Gasteiger partial charge >= 0.3 is 6.18 Å². The van der Waals surface area contributed by atoms with Gasteiger partial charge in [-0.3, -0.25) is 14.5 Å². The molecule has 0 bridgehead atoms. The molecule has 1 amide bonds. The molecule has 1 fully saturated rings. The van der Waals surface area contributed by atoms with Gasteiger partial charge < -0.3 is 4.90 Å². The maximum Gasteiger partial charge on any atom is 0.418 e. The Labute approximate surface area is 137 Å². The molecule has 0 saturated carbocycles. The molecule has 1 aliphatic heterocycles.